The van der Waals surface area contributed by atoms with Crippen molar-refractivity contribution in [3.05, 3.63) is 11.9 Å². The Hall–Kier alpha value is -1.23. The highest BCUT2D eigenvalue weighted by Crippen LogP contribution is 1.97. The molecule has 0 aliphatic carbocycles. The third-order valence-corrected chi connectivity index (χ3v) is 1.32. The molecule has 1 aromatic heterocycles. The molecule has 0 amide bonds. The van der Waals surface area contributed by atoms with Crippen molar-refractivity contribution in [2.24, 2.45) is 0 Å². The first-order valence-corrected chi connectivity index (χ1v) is 3.31. The predicted octanol–water partition coefficient (Wildman–Crippen LogP) is -0.703. The largest absolute Gasteiger partial charge is 0.386 e. The number of aldehydes is 1. The van der Waals surface area contributed by atoms with Crippen LogP contribution in [0.3, 0.4) is 0 Å². The van der Waals surface area contributed by atoms with E-state index >= 15 is 0 Å². The minimum absolute atomic E-state index is 0.399. The zero-order chi connectivity index (χ0) is 8.10. The van der Waals surface area contributed by atoms with Crippen molar-refractivity contribution in [1.29, 1.82) is 0 Å². The van der Waals surface area contributed by atoms with Gasteiger partial charge in [0.1, 0.15) is 12.4 Å². The highest BCUT2D eigenvalue weighted by atomic mass is 16.3. The summed E-state index contributed by atoms with van der Waals surface area (Å²) in [5.74, 6) is 0. The van der Waals surface area contributed by atoms with E-state index in [-0.39, 0.29) is 0 Å². The van der Waals surface area contributed by atoms with Crippen LogP contribution in [0.15, 0.2) is 6.20 Å². The molecule has 11 heavy (non-hydrogen) atoms. The van der Waals surface area contributed by atoms with Gasteiger partial charge in [0.2, 0.25) is 0 Å². The first-order chi connectivity index (χ1) is 5.33. The predicted molar refractivity (Wildman–Crippen MR) is 36.8 cm³/mol. The molecule has 0 aliphatic rings. The van der Waals surface area contributed by atoms with Crippen LogP contribution in [-0.4, -0.2) is 32.9 Å². The zero-order valence-electron chi connectivity index (χ0n) is 5.90. The van der Waals surface area contributed by atoms with E-state index in [1.54, 1.807) is 6.20 Å². The van der Waals surface area contributed by atoms with Crippen molar-refractivity contribution in [3.63, 3.8) is 0 Å². The zero-order valence-corrected chi connectivity index (χ0v) is 5.90. The fourth-order valence-electron chi connectivity index (χ4n) is 0.710. The molecule has 0 spiro atoms. The maximum absolute atomic E-state index is 9.97. The molecular formula is C6H9N3O2. The van der Waals surface area contributed by atoms with E-state index in [9.17, 15) is 4.79 Å². The van der Waals surface area contributed by atoms with E-state index in [0.29, 0.717) is 19.1 Å². The van der Waals surface area contributed by atoms with Crippen LogP contribution >= 0.6 is 0 Å². The number of carbonyl (C=O) groups is 1. The van der Waals surface area contributed by atoms with Crippen LogP contribution in [-0.2, 0) is 11.2 Å². The third-order valence-electron chi connectivity index (χ3n) is 1.32. The Kier molecular flexibility index (Phi) is 2.74. The van der Waals surface area contributed by atoms with Gasteiger partial charge in [-0.2, -0.15) is 15.4 Å². The molecule has 1 heterocycles. The van der Waals surface area contributed by atoms with E-state index < -0.39 is 6.10 Å². The number of aryl methyl sites for hydroxylation is 1. The van der Waals surface area contributed by atoms with E-state index in [1.165, 1.54) is 0 Å². The molecule has 0 saturated carbocycles. The fourth-order valence-corrected chi connectivity index (χ4v) is 0.710. The summed E-state index contributed by atoms with van der Waals surface area (Å²) < 4.78 is 0. The summed E-state index contributed by atoms with van der Waals surface area (Å²) in [7, 11) is 0. The van der Waals surface area contributed by atoms with Crippen molar-refractivity contribution >= 4 is 6.29 Å². The first kappa shape index (κ1) is 7.87. The molecule has 1 aromatic rings. The van der Waals surface area contributed by atoms with Crippen LogP contribution in [0.2, 0.25) is 0 Å². The van der Waals surface area contributed by atoms with Gasteiger partial charge in [-0.25, -0.2) is 0 Å². The molecule has 0 radical (unpaired) electrons. The molecule has 1 unspecified atom stereocenters. The normalized spacial score (nSPS) is 12.8. The topological polar surface area (TPSA) is 78.9 Å². The number of rotatable bonds is 4. The van der Waals surface area contributed by atoms with Crippen molar-refractivity contribution in [2.45, 2.75) is 18.9 Å². The number of aliphatic hydroxyl groups excluding tert-OH is 1. The molecule has 0 aromatic carbocycles. The van der Waals surface area contributed by atoms with E-state index in [2.05, 4.69) is 15.4 Å². The summed E-state index contributed by atoms with van der Waals surface area (Å²) in [6, 6.07) is 0. The van der Waals surface area contributed by atoms with Gasteiger partial charge in [0.15, 0.2) is 0 Å². The molecule has 2 N–H and O–H groups in total. The third kappa shape index (κ3) is 2.46. The average molecular weight is 155 g/mol. The highest BCUT2D eigenvalue weighted by molar-refractivity contribution is 5.55. The van der Waals surface area contributed by atoms with Crippen molar-refractivity contribution in [3.8, 4) is 0 Å². The Morgan fingerprint density at radius 2 is 2.64 bits per heavy atom. The second kappa shape index (κ2) is 3.82. The summed E-state index contributed by atoms with van der Waals surface area (Å²) in [6.45, 7) is 0. The smallest absolute Gasteiger partial charge is 0.148 e. The fraction of sp³-hybridized carbons (Fsp3) is 0.500. The van der Waals surface area contributed by atoms with Crippen LogP contribution in [0.1, 0.15) is 12.1 Å². The highest BCUT2D eigenvalue weighted by Gasteiger charge is 2.02. The maximum atomic E-state index is 9.97. The van der Waals surface area contributed by atoms with Crippen LogP contribution in [0.25, 0.3) is 0 Å². The standard InChI is InChI=1S/C6H9N3O2/c10-4-6(11)2-1-5-3-7-9-8-5/h3-4,6,11H,1-2H2,(H,7,8,9). The van der Waals surface area contributed by atoms with Gasteiger partial charge >= 0.3 is 0 Å². The van der Waals surface area contributed by atoms with Crippen molar-refractivity contribution in [1.82, 2.24) is 15.4 Å². The molecule has 1 rings (SSSR count). The average Bonchev–Trinajstić information content (AvgIpc) is 2.52. The van der Waals surface area contributed by atoms with Crippen LogP contribution in [0.4, 0.5) is 0 Å². The number of nitrogens with one attached hydrogen (secondary N) is 1. The Bertz CT molecular complexity index is 210. The second-order valence-electron chi connectivity index (χ2n) is 2.20. The van der Waals surface area contributed by atoms with E-state index in [0.717, 1.165) is 5.69 Å². The number of aliphatic hydroxyl groups is 1. The minimum Gasteiger partial charge on any atom is -0.386 e. The SMILES string of the molecule is O=CC(O)CCc1cn[nH]n1. The van der Waals surface area contributed by atoms with Gasteiger partial charge in [0.05, 0.1) is 11.9 Å². The van der Waals surface area contributed by atoms with Gasteiger partial charge in [-0.1, -0.05) is 0 Å². The summed E-state index contributed by atoms with van der Waals surface area (Å²) >= 11 is 0. The van der Waals surface area contributed by atoms with Gasteiger partial charge in [-0.3, -0.25) is 0 Å². The van der Waals surface area contributed by atoms with Crippen molar-refractivity contribution < 1.29 is 9.90 Å². The summed E-state index contributed by atoms with van der Waals surface area (Å²) in [4.78, 5) is 9.97. The molecule has 5 nitrogen and oxygen atoms in total. The molecule has 0 bridgehead atoms. The molecule has 1 atom stereocenters. The molecule has 5 heteroatoms. The van der Waals surface area contributed by atoms with Crippen LogP contribution in [0.5, 0.6) is 0 Å². The Labute approximate surface area is 63.4 Å². The summed E-state index contributed by atoms with van der Waals surface area (Å²) in [5.41, 5.74) is 0.755. The summed E-state index contributed by atoms with van der Waals surface area (Å²) in [5, 5.41) is 18.6. The quantitative estimate of drug-likeness (QED) is 0.563. The Morgan fingerprint density at radius 3 is 3.18 bits per heavy atom. The monoisotopic (exact) mass is 155 g/mol. The number of hydrogen-bond acceptors (Lipinski definition) is 4. The van der Waals surface area contributed by atoms with Crippen molar-refractivity contribution in [2.75, 3.05) is 0 Å². The van der Waals surface area contributed by atoms with Crippen LogP contribution < -0.4 is 0 Å². The number of hydrogen-bond donors (Lipinski definition) is 2. The molecule has 0 aliphatic heterocycles. The lowest BCUT2D eigenvalue weighted by Gasteiger charge is -1.97. The lowest BCUT2D eigenvalue weighted by molar-refractivity contribution is -0.115. The first-order valence-electron chi connectivity index (χ1n) is 3.31. The van der Waals surface area contributed by atoms with E-state index in [4.69, 9.17) is 5.11 Å². The van der Waals surface area contributed by atoms with Gasteiger partial charge in [-0.05, 0) is 12.8 Å². The van der Waals surface area contributed by atoms with E-state index in [1.807, 2.05) is 0 Å². The second-order valence-corrected chi connectivity index (χ2v) is 2.20. The Balaban J connectivity index is 2.28. The molecule has 0 saturated heterocycles. The molecule has 0 fully saturated rings. The Morgan fingerprint density at radius 1 is 1.82 bits per heavy atom. The number of aromatic nitrogens is 3. The minimum atomic E-state index is -0.883. The van der Waals surface area contributed by atoms with Crippen LogP contribution in [0, 0.1) is 0 Å². The lowest BCUT2D eigenvalue weighted by Crippen LogP contribution is -2.08. The molecular weight excluding hydrogens is 146 g/mol. The maximum Gasteiger partial charge on any atom is 0.148 e. The number of nitrogens with zero attached hydrogens (tertiary/aromatic N) is 2. The van der Waals surface area contributed by atoms with Gasteiger partial charge in [-0.15, -0.1) is 0 Å². The van der Waals surface area contributed by atoms with Gasteiger partial charge in [0.25, 0.3) is 0 Å². The number of H-pyrrole nitrogens is 1. The van der Waals surface area contributed by atoms with Gasteiger partial charge in [0, 0.05) is 0 Å². The number of carbonyl (C=O) groups excluding carboxylic acids is 1. The number of aromatic amines is 1. The van der Waals surface area contributed by atoms with Gasteiger partial charge < -0.3 is 9.90 Å². The lowest BCUT2D eigenvalue weighted by atomic mass is 10.2. The molecule has 60 valence electrons. The summed E-state index contributed by atoms with van der Waals surface area (Å²) in [6.07, 6.45) is 2.16.